The van der Waals surface area contributed by atoms with Crippen molar-refractivity contribution >= 4 is 23.2 Å². The Morgan fingerprint density at radius 2 is 2.13 bits per heavy atom. The molecule has 2 rings (SSSR count). The van der Waals surface area contributed by atoms with E-state index in [2.05, 4.69) is 23.2 Å². The molecule has 0 aliphatic heterocycles. The van der Waals surface area contributed by atoms with Crippen LogP contribution in [0.4, 0.5) is 0 Å². The van der Waals surface area contributed by atoms with Gasteiger partial charge in [0, 0.05) is 5.02 Å². The molecule has 1 atom stereocenters. The summed E-state index contributed by atoms with van der Waals surface area (Å²) in [6.45, 7) is 7.94. The Kier molecular flexibility index (Phi) is 5.99. The first-order valence-corrected chi connectivity index (χ1v) is 7.90. The molecule has 1 aromatic rings. The number of nitrogens with one attached hydrogen (secondary N) is 1. The van der Waals surface area contributed by atoms with Crippen molar-refractivity contribution in [1.82, 2.24) is 5.43 Å². The van der Waals surface area contributed by atoms with Crippen molar-refractivity contribution in [2.75, 3.05) is 6.61 Å². The van der Waals surface area contributed by atoms with Gasteiger partial charge in [-0.05, 0) is 62.4 Å². The van der Waals surface area contributed by atoms with Crippen LogP contribution in [0.1, 0.15) is 26.7 Å². The second kappa shape index (κ2) is 7.97. The van der Waals surface area contributed by atoms with Crippen molar-refractivity contribution in [3.8, 4) is 5.75 Å². The van der Waals surface area contributed by atoms with Crippen LogP contribution < -0.4 is 10.2 Å². The van der Waals surface area contributed by atoms with Crippen molar-refractivity contribution in [1.29, 1.82) is 0 Å². The number of carbonyl (C=O) groups is 1. The molecule has 122 valence electrons. The molecule has 4 nitrogen and oxygen atoms in total. The summed E-state index contributed by atoms with van der Waals surface area (Å²) in [5.41, 5.74) is 5.68. The smallest absolute Gasteiger partial charge is 0.277 e. The van der Waals surface area contributed by atoms with E-state index in [0.717, 1.165) is 29.7 Å². The molecular formula is C18H21ClN2O2. The summed E-state index contributed by atoms with van der Waals surface area (Å²) < 4.78 is 5.38. The van der Waals surface area contributed by atoms with Crippen molar-refractivity contribution in [3.05, 3.63) is 53.1 Å². The minimum Gasteiger partial charge on any atom is -0.484 e. The minimum absolute atomic E-state index is 0.0922. The van der Waals surface area contributed by atoms with E-state index in [4.69, 9.17) is 16.3 Å². The van der Waals surface area contributed by atoms with E-state index < -0.39 is 0 Å². The lowest BCUT2D eigenvalue weighted by molar-refractivity contribution is -0.123. The van der Waals surface area contributed by atoms with Gasteiger partial charge < -0.3 is 4.74 Å². The lowest BCUT2D eigenvalue weighted by atomic mass is 9.85. The Morgan fingerprint density at radius 1 is 1.43 bits per heavy atom. The number of hydrazone groups is 1. The standard InChI is InChI=1S/C18H21ClN2O2/c1-12(2)14-5-4-13(3)17(10-14)20-21-18(22)11-23-16-8-6-15(19)7-9-16/h4,6-9,14H,1,5,10-11H2,2-3H3,(H,21,22). The zero-order valence-corrected chi connectivity index (χ0v) is 14.2. The molecule has 23 heavy (non-hydrogen) atoms. The summed E-state index contributed by atoms with van der Waals surface area (Å²) in [4.78, 5) is 11.8. The Bertz CT molecular complexity index is 647. The highest BCUT2D eigenvalue weighted by molar-refractivity contribution is 6.30. The lowest BCUT2D eigenvalue weighted by Gasteiger charge is -2.22. The molecular weight excluding hydrogens is 312 g/mol. The van der Waals surface area contributed by atoms with Crippen LogP contribution in [0.15, 0.2) is 53.2 Å². The van der Waals surface area contributed by atoms with Gasteiger partial charge in [0.1, 0.15) is 5.75 Å². The Morgan fingerprint density at radius 3 is 2.78 bits per heavy atom. The topological polar surface area (TPSA) is 50.7 Å². The van der Waals surface area contributed by atoms with Crippen LogP contribution in [0.5, 0.6) is 5.75 Å². The SMILES string of the molecule is C=C(C)C1CC=C(C)C(=NNC(=O)COc2ccc(Cl)cc2)C1. The molecule has 0 spiro atoms. The van der Waals surface area contributed by atoms with Crippen molar-refractivity contribution in [2.45, 2.75) is 26.7 Å². The van der Waals surface area contributed by atoms with Crippen LogP contribution in [0, 0.1) is 5.92 Å². The first-order chi connectivity index (χ1) is 11.0. The number of benzene rings is 1. The molecule has 1 aromatic carbocycles. The van der Waals surface area contributed by atoms with Gasteiger partial charge >= 0.3 is 0 Å². The maximum atomic E-state index is 11.8. The predicted octanol–water partition coefficient (Wildman–Crippen LogP) is 4.12. The summed E-state index contributed by atoms with van der Waals surface area (Å²) in [5.74, 6) is 0.686. The van der Waals surface area contributed by atoms with E-state index in [1.54, 1.807) is 24.3 Å². The first kappa shape index (κ1) is 17.3. The predicted molar refractivity (Wildman–Crippen MR) is 93.8 cm³/mol. The Hall–Kier alpha value is -2.07. The average molecular weight is 333 g/mol. The van der Waals surface area contributed by atoms with Gasteiger partial charge in [0.15, 0.2) is 6.61 Å². The molecule has 0 saturated heterocycles. The first-order valence-electron chi connectivity index (χ1n) is 7.52. The van der Waals surface area contributed by atoms with Crippen LogP contribution in [-0.4, -0.2) is 18.2 Å². The molecule has 1 N–H and O–H groups in total. The molecule has 0 fully saturated rings. The van der Waals surface area contributed by atoms with Crippen LogP contribution in [0.25, 0.3) is 0 Å². The summed E-state index contributed by atoms with van der Waals surface area (Å²) >= 11 is 5.79. The van der Waals surface area contributed by atoms with Gasteiger partial charge in [-0.25, -0.2) is 5.43 Å². The number of nitrogens with zero attached hydrogens (tertiary/aromatic N) is 1. The number of halogens is 1. The highest BCUT2D eigenvalue weighted by Crippen LogP contribution is 2.26. The second-order valence-electron chi connectivity index (χ2n) is 5.71. The second-order valence-corrected chi connectivity index (χ2v) is 6.14. The van der Waals surface area contributed by atoms with Gasteiger partial charge in [0.25, 0.3) is 5.91 Å². The van der Waals surface area contributed by atoms with Crippen molar-refractivity contribution < 1.29 is 9.53 Å². The molecule has 0 saturated carbocycles. The third-order valence-corrected chi connectivity index (χ3v) is 4.05. The van der Waals surface area contributed by atoms with E-state index in [1.165, 1.54) is 0 Å². The molecule has 1 unspecified atom stereocenters. The number of hydrogen-bond donors (Lipinski definition) is 1. The zero-order chi connectivity index (χ0) is 16.8. The normalized spacial score (nSPS) is 19.2. The summed E-state index contributed by atoms with van der Waals surface area (Å²) in [6, 6.07) is 6.85. The zero-order valence-electron chi connectivity index (χ0n) is 13.4. The van der Waals surface area contributed by atoms with E-state index >= 15 is 0 Å². The fraction of sp³-hybridized carbons (Fsp3) is 0.333. The molecule has 1 amide bonds. The maximum Gasteiger partial charge on any atom is 0.277 e. The third-order valence-electron chi connectivity index (χ3n) is 3.80. The molecule has 0 bridgehead atoms. The van der Waals surface area contributed by atoms with E-state index in [0.29, 0.717) is 16.7 Å². The quantitative estimate of drug-likeness (QED) is 0.651. The lowest BCUT2D eigenvalue weighted by Crippen LogP contribution is -2.27. The van der Waals surface area contributed by atoms with E-state index in [1.807, 2.05) is 13.8 Å². The summed E-state index contributed by atoms with van der Waals surface area (Å²) in [7, 11) is 0. The van der Waals surface area contributed by atoms with Gasteiger partial charge in [0.2, 0.25) is 0 Å². The fourth-order valence-corrected chi connectivity index (χ4v) is 2.39. The van der Waals surface area contributed by atoms with Crippen molar-refractivity contribution in [3.63, 3.8) is 0 Å². The monoisotopic (exact) mass is 332 g/mol. The average Bonchev–Trinajstić information content (AvgIpc) is 2.53. The summed E-state index contributed by atoms with van der Waals surface area (Å²) in [5, 5.41) is 4.85. The summed E-state index contributed by atoms with van der Waals surface area (Å²) in [6.07, 6.45) is 3.92. The van der Waals surface area contributed by atoms with Crippen LogP contribution in [0.3, 0.4) is 0 Å². The number of carbonyl (C=O) groups excluding carboxylic acids is 1. The molecule has 0 heterocycles. The van der Waals surface area contributed by atoms with Crippen LogP contribution in [-0.2, 0) is 4.79 Å². The van der Waals surface area contributed by atoms with Gasteiger partial charge in [-0.15, -0.1) is 0 Å². The van der Waals surface area contributed by atoms with Gasteiger partial charge in [0.05, 0.1) is 5.71 Å². The highest BCUT2D eigenvalue weighted by Gasteiger charge is 2.18. The third kappa shape index (κ3) is 5.25. The largest absolute Gasteiger partial charge is 0.484 e. The maximum absolute atomic E-state index is 11.8. The minimum atomic E-state index is -0.294. The number of hydrogen-bond acceptors (Lipinski definition) is 3. The molecule has 1 aliphatic rings. The van der Waals surface area contributed by atoms with Crippen molar-refractivity contribution in [2.24, 2.45) is 11.0 Å². The Balaban J connectivity index is 1.87. The Labute approximate surface area is 141 Å². The van der Waals surface area contributed by atoms with E-state index in [-0.39, 0.29) is 12.5 Å². The van der Waals surface area contributed by atoms with Gasteiger partial charge in [-0.1, -0.05) is 29.8 Å². The number of amides is 1. The van der Waals surface area contributed by atoms with E-state index in [9.17, 15) is 4.79 Å². The number of rotatable bonds is 5. The number of allylic oxidation sites excluding steroid dienone is 3. The van der Waals surface area contributed by atoms with Gasteiger partial charge in [-0.2, -0.15) is 5.10 Å². The fourth-order valence-electron chi connectivity index (χ4n) is 2.27. The highest BCUT2D eigenvalue weighted by atomic mass is 35.5. The molecule has 0 aromatic heterocycles. The number of ether oxygens (including phenoxy) is 1. The van der Waals surface area contributed by atoms with Crippen LogP contribution in [0.2, 0.25) is 5.02 Å². The molecule has 1 aliphatic carbocycles. The van der Waals surface area contributed by atoms with Crippen LogP contribution >= 0.6 is 11.6 Å². The van der Waals surface area contributed by atoms with Gasteiger partial charge in [-0.3, -0.25) is 4.79 Å². The molecule has 5 heteroatoms. The molecule has 0 radical (unpaired) electrons.